The number of nitrogens with one attached hydrogen (secondary N) is 1. The molecule has 0 bridgehead atoms. The highest BCUT2D eigenvalue weighted by atomic mass is 32.1. The highest BCUT2D eigenvalue weighted by molar-refractivity contribution is 7.07. The fourth-order valence-corrected chi connectivity index (χ4v) is 2.91. The normalized spacial score (nSPS) is 23.6. The van der Waals surface area contributed by atoms with Crippen molar-refractivity contribution in [1.82, 2.24) is 10.2 Å². The molecule has 3 heteroatoms. The lowest BCUT2D eigenvalue weighted by atomic mass is 10.0. The van der Waals surface area contributed by atoms with Crippen LogP contribution in [0.2, 0.25) is 0 Å². The standard InChI is InChI=1S/C13H22N2S/c1-11(2)13-9-15(6-3-5-14-13)8-12-4-7-16-10-12/h4,7,10-11,13-14H,3,5-6,8-9H2,1-2H3. The molecule has 2 rings (SSSR count). The first kappa shape index (κ1) is 12.1. The molecule has 1 aliphatic rings. The third-order valence-electron chi connectivity index (χ3n) is 3.30. The number of nitrogens with zero attached hydrogens (tertiary/aromatic N) is 1. The molecule has 0 spiro atoms. The van der Waals surface area contributed by atoms with Crippen LogP contribution in [0.25, 0.3) is 0 Å². The van der Waals surface area contributed by atoms with Gasteiger partial charge in [-0.1, -0.05) is 13.8 Å². The minimum atomic E-state index is 0.654. The maximum atomic E-state index is 3.65. The van der Waals surface area contributed by atoms with Crippen molar-refractivity contribution in [2.75, 3.05) is 19.6 Å². The number of thiophene rings is 1. The SMILES string of the molecule is CC(C)C1CN(Cc2ccsc2)CCCN1. The second-order valence-electron chi connectivity index (χ2n) is 5.02. The summed E-state index contributed by atoms with van der Waals surface area (Å²) in [5.41, 5.74) is 1.47. The Kier molecular flexibility index (Phi) is 4.38. The zero-order valence-electron chi connectivity index (χ0n) is 10.3. The first-order valence-corrected chi connectivity index (χ1v) is 7.17. The van der Waals surface area contributed by atoms with Gasteiger partial charge in [-0.25, -0.2) is 0 Å². The summed E-state index contributed by atoms with van der Waals surface area (Å²) in [6, 6.07) is 2.90. The zero-order valence-corrected chi connectivity index (χ0v) is 11.1. The molecular weight excluding hydrogens is 216 g/mol. The summed E-state index contributed by atoms with van der Waals surface area (Å²) in [4.78, 5) is 2.59. The van der Waals surface area contributed by atoms with Crippen LogP contribution in [0, 0.1) is 5.92 Å². The molecule has 1 aliphatic heterocycles. The maximum Gasteiger partial charge on any atom is 0.0242 e. The lowest BCUT2D eigenvalue weighted by Crippen LogP contribution is -2.40. The molecule has 1 N–H and O–H groups in total. The van der Waals surface area contributed by atoms with Gasteiger partial charge in [0.05, 0.1) is 0 Å². The van der Waals surface area contributed by atoms with Crippen LogP contribution in [-0.2, 0) is 6.54 Å². The van der Waals surface area contributed by atoms with E-state index in [2.05, 4.69) is 40.9 Å². The van der Waals surface area contributed by atoms with Crippen molar-refractivity contribution in [3.8, 4) is 0 Å². The largest absolute Gasteiger partial charge is 0.312 e. The molecule has 1 unspecified atom stereocenters. The zero-order chi connectivity index (χ0) is 11.4. The molecule has 0 radical (unpaired) electrons. The fraction of sp³-hybridized carbons (Fsp3) is 0.692. The Balaban J connectivity index is 1.92. The van der Waals surface area contributed by atoms with Gasteiger partial charge in [0.2, 0.25) is 0 Å². The molecule has 1 aromatic heterocycles. The van der Waals surface area contributed by atoms with E-state index in [0.29, 0.717) is 6.04 Å². The molecule has 2 heterocycles. The number of rotatable bonds is 3. The minimum Gasteiger partial charge on any atom is -0.312 e. The van der Waals surface area contributed by atoms with Gasteiger partial charge >= 0.3 is 0 Å². The molecule has 2 nitrogen and oxygen atoms in total. The first-order chi connectivity index (χ1) is 7.75. The first-order valence-electron chi connectivity index (χ1n) is 6.22. The predicted molar refractivity (Wildman–Crippen MR) is 70.8 cm³/mol. The summed E-state index contributed by atoms with van der Waals surface area (Å²) in [5, 5.41) is 8.09. The van der Waals surface area contributed by atoms with E-state index >= 15 is 0 Å². The van der Waals surface area contributed by atoms with E-state index in [0.717, 1.165) is 12.5 Å². The van der Waals surface area contributed by atoms with Crippen LogP contribution in [0.5, 0.6) is 0 Å². The summed E-state index contributed by atoms with van der Waals surface area (Å²) in [6.45, 7) is 9.33. The molecular formula is C13H22N2S. The van der Waals surface area contributed by atoms with Gasteiger partial charge in [-0.2, -0.15) is 11.3 Å². The van der Waals surface area contributed by atoms with E-state index in [4.69, 9.17) is 0 Å². The van der Waals surface area contributed by atoms with E-state index < -0.39 is 0 Å². The van der Waals surface area contributed by atoms with E-state index in [1.807, 2.05) is 0 Å². The summed E-state index contributed by atoms with van der Waals surface area (Å²) >= 11 is 1.80. The monoisotopic (exact) mass is 238 g/mol. The second kappa shape index (κ2) is 5.80. The molecule has 1 atom stereocenters. The highest BCUT2D eigenvalue weighted by Crippen LogP contribution is 2.14. The van der Waals surface area contributed by atoms with E-state index in [-0.39, 0.29) is 0 Å². The quantitative estimate of drug-likeness (QED) is 0.870. The summed E-state index contributed by atoms with van der Waals surface area (Å²) in [6.07, 6.45) is 1.27. The van der Waals surface area contributed by atoms with Crippen molar-refractivity contribution in [3.63, 3.8) is 0 Å². The van der Waals surface area contributed by atoms with Gasteiger partial charge in [-0.05, 0) is 47.8 Å². The lowest BCUT2D eigenvalue weighted by molar-refractivity contribution is 0.239. The third-order valence-corrected chi connectivity index (χ3v) is 4.04. The van der Waals surface area contributed by atoms with Gasteiger partial charge in [0, 0.05) is 19.1 Å². The van der Waals surface area contributed by atoms with Crippen molar-refractivity contribution in [1.29, 1.82) is 0 Å². The summed E-state index contributed by atoms with van der Waals surface area (Å²) in [7, 11) is 0. The molecule has 1 aromatic rings. The Morgan fingerprint density at radius 2 is 2.44 bits per heavy atom. The third kappa shape index (κ3) is 3.30. The molecule has 0 amide bonds. The summed E-state index contributed by atoms with van der Waals surface area (Å²) in [5.74, 6) is 0.725. The van der Waals surface area contributed by atoms with Crippen LogP contribution < -0.4 is 5.32 Å². The van der Waals surface area contributed by atoms with Crippen LogP contribution in [-0.4, -0.2) is 30.6 Å². The van der Waals surface area contributed by atoms with Crippen molar-refractivity contribution >= 4 is 11.3 Å². The Morgan fingerprint density at radius 1 is 1.56 bits per heavy atom. The van der Waals surface area contributed by atoms with Crippen LogP contribution in [0.4, 0.5) is 0 Å². The van der Waals surface area contributed by atoms with Crippen molar-refractivity contribution in [2.24, 2.45) is 5.92 Å². The topological polar surface area (TPSA) is 15.3 Å². The van der Waals surface area contributed by atoms with E-state index in [1.54, 1.807) is 11.3 Å². The van der Waals surface area contributed by atoms with Crippen molar-refractivity contribution in [2.45, 2.75) is 32.9 Å². The average Bonchev–Trinajstić information content (AvgIpc) is 2.62. The average molecular weight is 238 g/mol. The molecule has 0 aromatic carbocycles. The number of hydrogen-bond acceptors (Lipinski definition) is 3. The van der Waals surface area contributed by atoms with Gasteiger partial charge < -0.3 is 5.32 Å². The summed E-state index contributed by atoms with van der Waals surface area (Å²) < 4.78 is 0. The van der Waals surface area contributed by atoms with E-state index in [1.165, 1.54) is 31.6 Å². The van der Waals surface area contributed by atoms with Crippen molar-refractivity contribution in [3.05, 3.63) is 22.4 Å². The highest BCUT2D eigenvalue weighted by Gasteiger charge is 2.20. The number of hydrogen-bond donors (Lipinski definition) is 1. The Labute approximate surface area is 103 Å². The molecule has 16 heavy (non-hydrogen) atoms. The fourth-order valence-electron chi connectivity index (χ4n) is 2.26. The molecule has 1 fully saturated rings. The van der Waals surface area contributed by atoms with Gasteiger partial charge in [-0.15, -0.1) is 0 Å². The Morgan fingerprint density at radius 3 is 3.12 bits per heavy atom. The van der Waals surface area contributed by atoms with Crippen LogP contribution in [0.1, 0.15) is 25.8 Å². The van der Waals surface area contributed by atoms with Gasteiger partial charge in [0.1, 0.15) is 0 Å². The smallest absolute Gasteiger partial charge is 0.0242 e. The van der Waals surface area contributed by atoms with Gasteiger partial charge in [0.25, 0.3) is 0 Å². The van der Waals surface area contributed by atoms with Gasteiger partial charge in [0.15, 0.2) is 0 Å². The van der Waals surface area contributed by atoms with Crippen molar-refractivity contribution < 1.29 is 0 Å². The molecule has 90 valence electrons. The lowest BCUT2D eigenvalue weighted by Gasteiger charge is -2.26. The molecule has 0 saturated carbocycles. The predicted octanol–water partition coefficient (Wildman–Crippen LogP) is 2.57. The van der Waals surface area contributed by atoms with Crippen LogP contribution in [0.15, 0.2) is 16.8 Å². The van der Waals surface area contributed by atoms with E-state index in [9.17, 15) is 0 Å². The van der Waals surface area contributed by atoms with Gasteiger partial charge in [-0.3, -0.25) is 4.90 Å². The van der Waals surface area contributed by atoms with Crippen LogP contribution >= 0.6 is 11.3 Å². The second-order valence-corrected chi connectivity index (χ2v) is 5.80. The maximum absolute atomic E-state index is 3.65. The Hall–Kier alpha value is -0.380. The molecule has 0 aliphatic carbocycles. The van der Waals surface area contributed by atoms with Crippen LogP contribution in [0.3, 0.4) is 0 Å². The molecule has 1 saturated heterocycles. The minimum absolute atomic E-state index is 0.654. The Bertz CT molecular complexity index is 295.